The largest absolute Gasteiger partial charge is 0.497 e. The van der Waals surface area contributed by atoms with Crippen molar-refractivity contribution in [3.63, 3.8) is 0 Å². The average Bonchev–Trinajstić information content (AvgIpc) is 3.59. The molecule has 0 radical (unpaired) electrons. The molecule has 0 aromatic heterocycles. The molecule has 0 bridgehead atoms. The van der Waals surface area contributed by atoms with Crippen LogP contribution in [0, 0.1) is 5.92 Å². The van der Waals surface area contributed by atoms with Gasteiger partial charge in [-0.3, -0.25) is 0 Å². The van der Waals surface area contributed by atoms with Crippen molar-refractivity contribution in [3.05, 3.63) is 54.1 Å². The third kappa shape index (κ3) is 4.07. The SMILES string of the molecule is COc1ccc(OC)c(NC(=O)N2C[C@@H](c3ccccc3)O[C@@H](C3CC3)C2)c1. The van der Waals surface area contributed by atoms with Gasteiger partial charge >= 0.3 is 6.03 Å². The normalized spacial score (nSPS) is 21.9. The number of morpholine rings is 1. The summed E-state index contributed by atoms with van der Waals surface area (Å²) in [6.07, 6.45) is 2.31. The maximum absolute atomic E-state index is 13.1. The van der Waals surface area contributed by atoms with E-state index in [1.54, 1.807) is 32.4 Å². The number of amides is 2. The van der Waals surface area contributed by atoms with E-state index in [4.69, 9.17) is 14.2 Å². The number of methoxy groups -OCH3 is 2. The average molecular weight is 382 g/mol. The molecule has 2 fully saturated rings. The molecule has 4 rings (SSSR count). The van der Waals surface area contributed by atoms with Crippen molar-refractivity contribution in [3.8, 4) is 11.5 Å². The van der Waals surface area contributed by atoms with E-state index in [0.717, 1.165) is 5.56 Å². The fraction of sp³-hybridized carbons (Fsp3) is 0.409. The molecule has 1 heterocycles. The lowest BCUT2D eigenvalue weighted by Crippen LogP contribution is -2.49. The van der Waals surface area contributed by atoms with Crippen LogP contribution >= 0.6 is 0 Å². The van der Waals surface area contributed by atoms with Gasteiger partial charge in [-0.2, -0.15) is 0 Å². The number of carbonyl (C=O) groups is 1. The summed E-state index contributed by atoms with van der Waals surface area (Å²) in [5.74, 6) is 1.81. The van der Waals surface area contributed by atoms with Crippen molar-refractivity contribution in [1.82, 2.24) is 4.90 Å². The van der Waals surface area contributed by atoms with Gasteiger partial charge < -0.3 is 24.4 Å². The molecule has 148 valence electrons. The molecular weight excluding hydrogens is 356 g/mol. The van der Waals surface area contributed by atoms with Gasteiger partial charge in [0.2, 0.25) is 0 Å². The van der Waals surface area contributed by atoms with E-state index in [9.17, 15) is 4.79 Å². The summed E-state index contributed by atoms with van der Waals surface area (Å²) in [4.78, 5) is 14.9. The zero-order valence-corrected chi connectivity index (χ0v) is 16.3. The first kappa shape index (κ1) is 18.6. The van der Waals surface area contributed by atoms with Crippen molar-refractivity contribution in [2.75, 3.05) is 32.6 Å². The van der Waals surface area contributed by atoms with Gasteiger partial charge in [-0.05, 0) is 36.5 Å². The van der Waals surface area contributed by atoms with Crippen LogP contribution in [-0.4, -0.2) is 44.3 Å². The van der Waals surface area contributed by atoms with E-state index in [1.165, 1.54) is 12.8 Å². The summed E-state index contributed by atoms with van der Waals surface area (Å²) >= 11 is 0. The second kappa shape index (κ2) is 8.10. The summed E-state index contributed by atoms with van der Waals surface area (Å²) < 4.78 is 17.0. The molecule has 1 saturated heterocycles. The highest BCUT2D eigenvalue weighted by Crippen LogP contribution is 2.39. The van der Waals surface area contributed by atoms with Gasteiger partial charge in [-0.25, -0.2) is 4.79 Å². The standard InChI is InChI=1S/C22H26N2O4/c1-26-17-10-11-19(27-2)18(12-17)23-22(25)24-13-20(15-6-4-3-5-7-15)28-21(14-24)16-8-9-16/h3-7,10-12,16,20-21H,8-9,13-14H2,1-2H3,(H,23,25)/t20-,21+/m0/s1. The number of hydrogen-bond acceptors (Lipinski definition) is 4. The minimum Gasteiger partial charge on any atom is -0.497 e. The molecule has 2 aromatic carbocycles. The molecule has 28 heavy (non-hydrogen) atoms. The Hall–Kier alpha value is -2.73. The van der Waals surface area contributed by atoms with Gasteiger partial charge in [0.15, 0.2) is 0 Å². The van der Waals surface area contributed by atoms with Crippen molar-refractivity contribution in [2.24, 2.45) is 5.92 Å². The van der Waals surface area contributed by atoms with E-state index in [0.29, 0.717) is 36.2 Å². The van der Waals surface area contributed by atoms with Crippen molar-refractivity contribution >= 4 is 11.7 Å². The highest BCUT2D eigenvalue weighted by molar-refractivity contribution is 5.91. The Kier molecular flexibility index (Phi) is 5.39. The van der Waals surface area contributed by atoms with Crippen LogP contribution in [0.5, 0.6) is 11.5 Å². The van der Waals surface area contributed by atoms with Crippen LogP contribution in [0.4, 0.5) is 10.5 Å². The minimum atomic E-state index is -0.151. The summed E-state index contributed by atoms with van der Waals surface area (Å²) in [6, 6.07) is 15.3. The molecule has 1 aliphatic heterocycles. The molecule has 1 N–H and O–H groups in total. The first-order chi connectivity index (χ1) is 13.7. The number of carbonyl (C=O) groups excluding carboxylic acids is 1. The topological polar surface area (TPSA) is 60.0 Å². The number of urea groups is 1. The molecule has 2 amide bonds. The third-order valence-electron chi connectivity index (χ3n) is 5.38. The van der Waals surface area contributed by atoms with Crippen LogP contribution in [0.25, 0.3) is 0 Å². The van der Waals surface area contributed by atoms with E-state index in [1.807, 2.05) is 23.1 Å². The highest BCUT2D eigenvalue weighted by Gasteiger charge is 2.40. The molecule has 2 atom stereocenters. The molecule has 6 heteroatoms. The Labute approximate surface area is 165 Å². The van der Waals surface area contributed by atoms with Gasteiger partial charge in [0.1, 0.15) is 17.6 Å². The van der Waals surface area contributed by atoms with E-state index >= 15 is 0 Å². The molecule has 0 spiro atoms. The van der Waals surface area contributed by atoms with Crippen LogP contribution in [0.15, 0.2) is 48.5 Å². The van der Waals surface area contributed by atoms with Crippen LogP contribution in [-0.2, 0) is 4.74 Å². The van der Waals surface area contributed by atoms with Gasteiger partial charge in [-0.15, -0.1) is 0 Å². The number of rotatable bonds is 5. The molecule has 2 aliphatic rings. The van der Waals surface area contributed by atoms with Crippen LogP contribution < -0.4 is 14.8 Å². The van der Waals surface area contributed by atoms with Crippen molar-refractivity contribution in [1.29, 1.82) is 0 Å². The molecule has 6 nitrogen and oxygen atoms in total. The second-order valence-electron chi connectivity index (χ2n) is 7.31. The first-order valence-corrected chi connectivity index (χ1v) is 9.66. The maximum Gasteiger partial charge on any atom is 0.322 e. The Morgan fingerprint density at radius 2 is 1.86 bits per heavy atom. The van der Waals surface area contributed by atoms with E-state index in [2.05, 4.69) is 17.4 Å². The molecule has 1 aliphatic carbocycles. The Balaban J connectivity index is 1.52. The summed E-state index contributed by atoms with van der Waals surface area (Å²) in [5.41, 5.74) is 1.70. The minimum absolute atomic E-state index is 0.0805. The van der Waals surface area contributed by atoms with Gasteiger partial charge in [0, 0.05) is 12.6 Å². The first-order valence-electron chi connectivity index (χ1n) is 9.66. The van der Waals surface area contributed by atoms with E-state index < -0.39 is 0 Å². The fourth-order valence-electron chi connectivity index (χ4n) is 3.64. The third-order valence-corrected chi connectivity index (χ3v) is 5.38. The molecule has 0 unspecified atom stereocenters. The monoisotopic (exact) mass is 382 g/mol. The lowest BCUT2D eigenvalue weighted by atomic mass is 10.1. The Morgan fingerprint density at radius 1 is 1.07 bits per heavy atom. The predicted molar refractivity (Wildman–Crippen MR) is 107 cm³/mol. The highest BCUT2D eigenvalue weighted by atomic mass is 16.5. The number of hydrogen-bond donors (Lipinski definition) is 1. The van der Waals surface area contributed by atoms with Gasteiger partial charge in [-0.1, -0.05) is 30.3 Å². The number of anilines is 1. The number of nitrogens with one attached hydrogen (secondary N) is 1. The van der Waals surface area contributed by atoms with Crippen LogP contribution in [0.2, 0.25) is 0 Å². The van der Waals surface area contributed by atoms with Crippen LogP contribution in [0.3, 0.4) is 0 Å². The van der Waals surface area contributed by atoms with Crippen molar-refractivity contribution < 1.29 is 19.0 Å². The number of nitrogens with zero attached hydrogens (tertiary/aromatic N) is 1. The lowest BCUT2D eigenvalue weighted by Gasteiger charge is -2.38. The van der Waals surface area contributed by atoms with Crippen molar-refractivity contribution in [2.45, 2.75) is 25.0 Å². The Morgan fingerprint density at radius 3 is 2.54 bits per heavy atom. The smallest absolute Gasteiger partial charge is 0.322 e. The molecular formula is C22H26N2O4. The van der Waals surface area contributed by atoms with Gasteiger partial charge in [0.25, 0.3) is 0 Å². The molecule has 2 aromatic rings. The van der Waals surface area contributed by atoms with Gasteiger partial charge in [0.05, 0.1) is 32.6 Å². The van der Waals surface area contributed by atoms with E-state index in [-0.39, 0.29) is 18.2 Å². The molecule has 1 saturated carbocycles. The number of benzene rings is 2. The fourth-order valence-corrected chi connectivity index (χ4v) is 3.64. The second-order valence-corrected chi connectivity index (χ2v) is 7.31. The summed E-state index contributed by atoms with van der Waals surface area (Å²) in [6.45, 7) is 1.12. The van der Waals surface area contributed by atoms with Crippen LogP contribution in [0.1, 0.15) is 24.5 Å². The zero-order chi connectivity index (χ0) is 19.5. The maximum atomic E-state index is 13.1. The quantitative estimate of drug-likeness (QED) is 0.846. The summed E-state index contributed by atoms with van der Waals surface area (Å²) in [5, 5.41) is 2.98. The lowest BCUT2D eigenvalue weighted by molar-refractivity contribution is -0.0825. The predicted octanol–water partition coefficient (Wildman–Crippen LogP) is 4.09. The zero-order valence-electron chi connectivity index (χ0n) is 16.3. The summed E-state index contributed by atoms with van der Waals surface area (Å²) in [7, 11) is 3.18. The Bertz CT molecular complexity index is 823. The number of ether oxygens (including phenoxy) is 3.